The van der Waals surface area contributed by atoms with Gasteiger partial charge in [0.2, 0.25) is 0 Å². The number of phenolic OH excluding ortho intramolecular Hbond substituents is 1. The van der Waals surface area contributed by atoms with Crippen LogP contribution in [-0.4, -0.2) is 21.1 Å². The number of halogens is 2. The van der Waals surface area contributed by atoms with Crippen LogP contribution in [0.4, 0.5) is 5.82 Å². The molecule has 0 aliphatic heterocycles. The van der Waals surface area contributed by atoms with Crippen molar-refractivity contribution in [2.24, 2.45) is 4.99 Å². The van der Waals surface area contributed by atoms with Gasteiger partial charge in [0.15, 0.2) is 5.82 Å². The molecule has 1 aromatic heterocycles. The first kappa shape index (κ1) is 18.3. The molecule has 0 saturated carbocycles. The molecule has 0 bridgehead atoms. The number of nitrogens with zero attached hydrogens (tertiary/aromatic N) is 3. The smallest absolute Gasteiger partial charge is 0.156 e. The van der Waals surface area contributed by atoms with E-state index in [1.54, 1.807) is 10.7 Å². The standard InChI is InChI=1S/C22H15Cl2N3O/c23-17-11-16(22(28)19(24)12-17)14-25-21-13-20(15-7-3-1-4-8-15)26-27(21)18-9-5-2-6-10-18/h1-14,28H. The van der Waals surface area contributed by atoms with Crippen LogP contribution in [0.5, 0.6) is 5.75 Å². The summed E-state index contributed by atoms with van der Waals surface area (Å²) >= 11 is 12.0. The van der Waals surface area contributed by atoms with Gasteiger partial charge in [0.05, 0.1) is 16.4 Å². The first-order chi connectivity index (χ1) is 13.6. The molecule has 0 amide bonds. The lowest BCUT2D eigenvalue weighted by Gasteiger charge is -2.04. The zero-order valence-electron chi connectivity index (χ0n) is 14.6. The van der Waals surface area contributed by atoms with Crippen LogP contribution in [0.1, 0.15) is 5.56 Å². The third-order valence-corrected chi connectivity index (χ3v) is 4.66. The molecule has 0 fully saturated rings. The molecule has 0 spiro atoms. The maximum Gasteiger partial charge on any atom is 0.156 e. The van der Waals surface area contributed by atoms with Crippen LogP contribution < -0.4 is 0 Å². The molecule has 1 heterocycles. The maximum absolute atomic E-state index is 10.2. The van der Waals surface area contributed by atoms with Crippen molar-refractivity contribution < 1.29 is 5.11 Å². The summed E-state index contributed by atoms with van der Waals surface area (Å²) in [5.74, 6) is 0.546. The third kappa shape index (κ3) is 3.79. The molecule has 6 heteroatoms. The third-order valence-electron chi connectivity index (χ3n) is 4.15. The van der Waals surface area contributed by atoms with Crippen LogP contribution in [0.25, 0.3) is 16.9 Å². The highest BCUT2D eigenvalue weighted by Crippen LogP contribution is 2.31. The molecule has 0 aliphatic rings. The number of aliphatic imine (C=N–C) groups is 1. The lowest BCUT2D eigenvalue weighted by molar-refractivity contribution is 0.475. The molecule has 0 atom stereocenters. The molecule has 0 aliphatic carbocycles. The summed E-state index contributed by atoms with van der Waals surface area (Å²) in [6, 6.07) is 24.6. The van der Waals surface area contributed by atoms with E-state index in [-0.39, 0.29) is 10.8 Å². The Bertz CT molecular complexity index is 1140. The molecule has 1 N–H and O–H groups in total. The SMILES string of the molecule is Oc1c(Cl)cc(Cl)cc1C=Nc1cc(-c2ccccc2)nn1-c1ccccc1. The minimum Gasteiger partial charge on any atom is -0.506 e. The Morgan fingerprint density at radius 1 is 0.893 bits per heavy atom. The Balaban J connectivity index is 1.81. The fourth-order valence-electron chi connectivity index (χ4n) is 2.79. The van der Waals surface area contributed by atoms with Gasteiger partial charge in [-0.1, -0.05) is 71.7 Å². The van der Waals surface area contributed by atoms with Crippen molar-refractivity contribution in [2.75, 3.05) is 0 Å². The number of phenols is 1. The highest BCUT2D eigenvalue weighted by molar-refractivity contribution is 6.36. The monoisotopic (exact) mass is 407 g/mol. The van der Waals surface area contributed by atoms with Crippen molar-refractivity contribution in [3.63, 3.8) is 0 Å². The Morgan fingerprint density at radius 3 is 2.29 bits per heavy atom. The zero-order valence-corrected chi connectivity index (χ0v) is 16.1. The molecular weight excluding hydrogens is 393 g/mol. The summed E-state index contributed by atoms with van der Waals surface area (Å²) in [6.45, 7) is 0. The number of hydrogen-bond donors (Lipinski definition) is 1. The Hall–Kier alpha value is -3.08. The van der Waals surface area contributed by atoms with Crippen molar-refractivity contribution >= 4 is 35.2 Å². The van der Waals surface area contributed by atoms with E-state index < -0.39 is 0 Å². The van der Waals surface area contributed by atoms with Gasteiger partial charge in [-0.2, -0.15) is 5.10 Å². The van der Waals surface area contributed by atoms with Gasteiger partial charge >= 0.3 is 0 Å². The van der Waals surface area contributed by atoms with Crippen molar-refractivity contribution in [3.05, 3.63) is 94.5 Å². The molecule has 4 nitrogen and oxygen atoms in total. The van der Waals surface area contributed by atoms with E-state index in [9.17, 15) is 5.11 Å². The fraction of sp³-hybridized carbons (Fsp3) is 0. The Labute approximate surface area is 172 Å². The molecule has 3 aromatic carbocycles. The lowest BCUT2D eigenvalue weighted by Crippen LogP contribution is -1.96. The van der Waals surface area contributed by atoms with Crippen LogP contribution in [0.2, 0.25) is 10.0 Å². The van der Waals surface area contributed by atoms with E-state index in [2.05, 4.69) is 4.99 Å². The average molecular weight is 408 g/mol. The van der Waals surface area contributed by atoms with Crippen LogP contribution in [-0.2, 0) is 0 Å². The molecule has 28 heavy (non-hydrogen) atoms. The highest BCUT2D eigenvalue weighted by Gasteiger charge is 2.11. The van der Waals surface area contributed by atoms with Crippen LogP contribution >= 0.6 is 23.2 Å². The van der Waals surface area contributed by atoms with Gasteiger partial charge in [0.25, 0.3) is 0 Å². The number of hydrogen-bond acceptors (Lipinski definition) is 3. The Kier molecular flexibility index (Phi) is 5.15. The van der Waals surface area contributed by atoms with E-state index in [1.165, 1.54) is 12.3 Å². The normalized spacial score (nSPS) is 11.2. The van der Waals surface area contributed by atoms with Gasteiger partial charge in [-0.15, -0.1) is 0 Å². The maximum atomic E-state index is 10.2. The van der Waals surface area contributed by atoms with Gasteiger partial charge in [0, 0.05) is 28.4 Å². The van der Waals surface area contributed by atoms with E-state index in [0.717, 1.165) is 16.9 Å². The van der Waals surface area contributed by atoms with E-state index in [1.807, 2.05) is 66.7 Å². The summed E-state index contributed by atoms with van der Waals surface area (Å²) in [7, 11) is 0. The van der Waals surface area contributed by atoms with Crippen LogP contribution in [0.15, 0.2) is 83.9 Å². The van der Waals surface area contributed by atoms with Crippen LogP contribution in [0.3, 0.4) is 0 Å². The molecule has 4 rings (SSSR count). The van der Waals surface area contributed by atoms with Crippen molar-refractivity contribution in [2.45, 2.75) is 0 Å². The first-order valence-corrected chi connectivity index (χ1v) is 9.30. The first-order valence-electron chi connectivity index (χ1n) is 8.55. The predicted octanol–water partition coefficient (Wildman–Crippen LogP) is 6.30. The summed E-state index contributed by atoms with van der Waals surface area (Å²) in [4.78, 5) is 4.54. The second-order valence-electron chi connectivity index (χ2n) is 6.08. The molecule has 0 saturated heterocycles. The lowest BCUT2D eigenvalue weighted by atomic mass is 10.1. The number of benzene rings is 3. The highest BCUT2D eigenvalue weighted by atomic mass is 35.5. The number of rotatable bonds is 4. The van der Waals surface area contributed by atoms with E-state index in [0.29, 0.717) is 16.4 Å². The summed E-state index contributed by atoms with van der Waals surface area (Å²) in [5.41, 5.74) is 3.09. The molecular formula is C22H15Cl2N3O. The van der Waals surface area contributed by atoms with Crippen LogP contribution in [0, 0.1) is 0 Å². The number of para-hydroxylation sites is 1. The van der Waals surface area contributed by atoms with Gasteiger partial charge in [-0.25, -0.2) is 9.67 Å². The largest absolute Gasteiger partial charge is 0.506 e. The predicted molar refractivity (Wildman–Crippen MR) is 114 cm³/mol. The fourth-order valence-corrected chi connectivity index (χ4v) is 3.30. The summed E-state index contributed by atoms with van der Waals surface area (Å²) in [5, 5.41) is 15.5. The quantitative estimate of drug-likeness (QED) is 0.403. The van der Waals surface area contributed by atoms with Crippen molar-refractivity contribution in [3.8, 4) is 22.7 Å². The second kappa shape index (κ2) is 7.89. The van der Waals surface area contributed by atoms with Crippen molar-refractivity contribution in [1.29, 1.82) is 0 Å². The van der Waals surface area contributed by atoms with Gasteiger partial charge in [0.1, 0.15) is 5.75 Å². The second-order valence-corrected chi connectivity index (χ2v) is 6.93. The summed E-state index contributed by atoms with van der Waals surface area (Å²) in [6.07, 6.45) is 1.53. The molecule has 138 valence electrons. The minimum absolute atomic E-state index is 0.0659. The average Bonchev–Trinajstić information content (AvgIpc) is 3.15. The Morgan fingerprint density at radius 2 is 1.57 bits per heavy atom. The van der Waals surface area contributed by atoms with E-state index in [4.69, 9.17) is 28.3 Å². The van der Waals surface area contributed by atoms with Gasteiger partial charge < -0.3 is 5.11 Å². The molecule has 0 unspecified atom stereocenters. The molecule has 4 aromatic rings. The van der Waals surface area contributed by atoms with Gasteiger partial charge in [-0.3, -0.25) is 0 Å². The van der Waals surface area contributed by atoms with Gasteiger partial charge in [-0.05, 0) is 24.3 Å². The number of aromatic hydroxyl groups is 1. The topological polar surface area (TPSA) is 50.4 Å². The summed E-state index contributed by atoms with van der Waals surface area (Å²) < 4.78 is 1.75. The molecule has 0 radical (unpaired) electrons. The number of aromatic nitrogens is 2. The van der Waals surface area contributed by atoms with Crippen molar-refractivity contribution in [1.82, 2.24) is 9.78 Å². The zero-order chi connectivity index (χ0) is 19.5. The minimum atomic E-state index is -0.0659. The van der Waals surface area contributed by atoms with E-state index >= 15 is 0 Å².